The molecule has 4 heterocycles. The minimum absolute atomic E-state index is 0.00301. The summed E-state index contributed by atoms with van der Waals surface area (Å²) in [6.45, 7) is 2.06. The maximum Gasteiger partial charge on any atom is 0.261 e. The Hall–Kier alpha value is -1.96. The number of thiophene rings is 2. The summed E-state index contributed by atoms with van der Waals surface area (Å²) in [5.74, 6) is 0.00301. The first-order valence-electron chi connectivity index (χ1n) is 8.39. The number of hydrogen-bond donors (Lipinski definition) is 2. The predicted octanol–water partition coefficient (Wildman–Crippen LogP) is 3.90. The molecule has 0 saturated carbocycles. The van der Waals surface area contributed by atoms with Gasteiger partial charge in [0.1, 0.15) is 0 Å². The van der Waals surface area contributed by atoms with E-state index in [-0.39, 0.29) is 5.91 Å². The molecule has 5 nitrogen and oxygen atoms in total. The molecule has 1 aliphatic rings. The number of likely N-dealkylation sites (tertiary alicyclic amines) is 1. The molecule has 7 heteroatoms. The van der Waals surface area contributed by atoms with Gasteiger partial charge in [-0.25, -0.2) is 0 Å². The molecule has 0 aromatic carbocycles. The monoisotopic (exact) mass is 372 g/mol. The zero-order chi connectivity index (χ0) is 17.2. The van der Waals surface area contributed by atoms with E-state index >= 15 is 0 Å². The van der Waals surface area contributed by atoms with Crippen LogP contribution in [0.4, 0.5) is 0 Å². The summed E-state index contributed by atoms with van der Waals surface area (Å²) in [6, 6.07) is 10.8. The Balaban J connectivity index is 1.48. The Morgan fingerprint density at radius 2 is 2.24 bits per heavy atom. The third kappa shape index (κ3) is 3.40. The molecular weight excluding hydrogens is 352 g/mol. The van der Waals surface area contributed by atoms with E-state index in [0.29, 0.717) is 6.04 Å². The van der Waals surface area contributed by atoms with Crippen LogP contribution in [-0.4, -0.2) is 34.6 Å². The number of H-pyrrole nitrogens is 1. The van der Waals surface area contributed by atoms with E-state index in [9.17, 15) is 4.79 Å². The quantitative estimate of drug-likeness (QED) is 0.714. The molecule has 1 aliphatic heterocycles. The lowest BCUT2D eigenvalue weighted by atomic mass is 10.2. The van der Waals surface area contributed by atoms with Gasteiger partial charge < -0.3 is 5.32 Å². The molecule has 1 amide bonds. The summed E-state index contributed by atoms with van der Waals surface area (Å²) < 4.78 is 0. The lowest BCUT2D eigenvalue weighted by molar-refractivity contribution is 0.0967. The fourth-order valence-corrected chi connectivity index (χ4v) is 5.45. The predicted molar refractivity (Wildman–Crippen MR) is 102 cm³/mol. The maximum absolute atomic E-state index is 11.8. The number of nitrogens with zero attached hydrogens (tertiary/aromatic N) is 2. The van der Waals surface area contributed by atoms with Crippen molar-refractivity contribution in [2.75, 3.05) is 13.6 Å². The van der Waals surface area contributed by atoms with Crippen molar-refractivity contribution in [1.82, 2.24) is 20.4 Å². The Bertz CT molecular complexity index is 852. The molecule has 0 bridgehead atoms. The lowest BCUT2D eigenvalue weighted by Crippen LogP contribution is -2.21. The molecule has 3 aromatic rings. The van der Waals surface area contributed by atoms with E-state index in [1.165, 1.54) is 21.1 Å². The van der Waals surface area contributed by atoms with E-state index in [0.717, 1.165) is 30.1 Å². The van der Waals surface area contributed by atoms with E-state index in [1.807, 2.05) is 23.5 Å². The SMILES string of the molecule is CNC(=O)c1ccc(C2CCCN2Cc2ccc(-c3ccn[nH]3)s2)s1. The summed E-state index contributed by atoms with van der Waals surface area (Å²) in [5.41, 5.74) is 1.07. The van der Waals surface area contributed by atoms with Gasteiger partial charge in [-0.2, -0.15) is 5.10 Å². The smallest absolute Gasteiger partial charge is 0.261 e. The first-order valence-corrected chi connectivity index (χ1v) is 10.0. The van der Waals surface area contributed by atoms with Gasteiger partial charge in [0.25, 0.3) is 5.91 Å². The van der Waals surface area contributed by atoms with Crippen molar-refractivity contribution in [3.63, 3.8) is 0 Å². The van der Waals surface area contributed by atoms with Gasteiger partial charge in [0.15, 0.2) is 0 Å². The number of hydrogen-bond acceptors (Lipinski definition) is 5. The van der Waals surface area contributed by atoms with Gasteiger partial charge in [-0.3, -0.25) is 14.8 Å². The first-order chi connectivity index (χ1) is 12.2. The standard InChI is InChI=1S/C18H20N4OS2/c1-19-18(23)17-7-6-16(25-17)14-3-2-10-22(14)11-12-4-5-15(24-12)13-8-9-20-21-13/h4-9,14H,2-3,10-11H2,1H3,(H,19,23)(H,20,21). The molecule has 1 unspecified atom stereocenters. The highest BCUT2D eigenvalue weighted by Gasteiger charge is 2.28. The molecule has 1 atom stereocenters. The van der Waals surface area contributed by atoms with Crippen LogP contribution in [0.5, 0.6) is 0 Å². The highest BCUT2D eigenvalue weighted by Crippen LogP contribution is 2.38. The van der Waals surface area contributed by atoms with Crippen LogP contribution in [0.2, 0.25) is 0 Å². The lowest BCUT2D eigenvalue weighted by Gasteiger charge is -2.22. The molecular formula is C18H20N4OS2. The highest BCUT2D eigenvalue weighted by atomic mass is 32.1. The molecule has 25 heavy (non-hydrogen) atoms. The van der Waals surface area contributed by atoms with Gasteiger partial charge in [0.2, 0.25) is 0 Å². The van der Waals surface area contributed by atoms with Crippen LogP contribution < -0.4 is 5.32 Å². The number of carbonyl (C=O) groups excluding carboxylic acids is 1. The fourth-order valence-electron chi connectivity index (χ4n) is 3.32. The second-order valence-electron chi connectivity index (χ2n) is 6.15. The van der Waals surface area contributed by atoms with Crippen molar-refractivity contribution in [3.05, 3.63) is 51.2 Å². The summed E-state index contributed by atoms with van der Waals surface area (Å²) in [7, 11) is 1.68. The molecule has 3 aromatic heterocycles. The van der Waals surface area contributed by atoms with Crippen molar-refractivity contribution in [3.8, 4) is 10.6 Å². The number of aromatic nitrogens is 2. The zero-order valence-corrected chi connectivity index (χ0v) is 15.6. The number of nitrogens with one attached hydrogen (secondary N) is 2. The average Bonchev–Trinajstić information content (AvgIpc) is 3.38. The van der Waals surface area contributed by atoms with Crippen molar-refractivity contribution >= 4 is 28.6 Å². The van der Waals surface area contributed by atoms with Crippen LogP contribution >= 0.6 is 22.7 Å². The van der Waals surface area contributed by atoms with Crippen LogP contribution in [0.1, 0.15) is 38.3 Å². The summed E-state index contributed by atoms with van der Waals surface area (Å²) in [4.78, 5) is 19.0. The van der Waals surface area contributed by atoms with Crippen molar-refractivity contribution in [1.29, 1.82) is 0 Å². The van der Waals surface area contributed by atoms with E-state index in [2.05, 4.69) is 38.6 Å². The number of aromatic amines is 1. The first kappa shape index (κ1) is 16.5. The van der Waals surface area contributed by atoms with Gasteiger partial charge in [0, 0.05) is 35.6 Å². The Morgan fingerprint density at radius 1 is 1.32 bits per heavy atom. The minimum atomic E-state index is 0.00301. The third-order valence-corrected chi connectivity index (χ3v) is 6.85. The maximum atomic E-state index is 11.8. The molecule has 1 fully saturated rings. The number of rotatable bonds is 5. The molecule has 130 valence electrons. The number of carbonyl (C=O) groups is 1. The summed E-state index contributed by atoms with van der Waals surface area (Å²) in [6.07, 6.45) is 4.15. The van der Waals surface area contributed by atoms with E-state index in [1.54, 1.807) is 24.6 Å². The Kier molecular flexibility index (Phi) is 4.70. The Labute approximate surface area is 154 Å². The molecule has 1 saturated heterocycles. The minimum Gasteiger partial charge on any atom is -0.354 e. The summed E-state index contributed by atoms with van der Waals surface area (Å²) in [5, 5.41) is 9.75. The number of amides is 1. The second-order valence-corrected chi connectivity index (χ2v) is 8.43. The van der Waals surface area contributed by atoms with Gasteiger partial charge in [0.05, 0.1) is 15.4 Å². The van der Waals surface area contributed by atoms with E-state index < -0.39 is 0 Å². The van der Waals surface area contributed by atoms with Crippen molar-refractivity contribution < 1.29 is 4.79 Å². The summed E-state index contributed by atoms with van der Waals surface area (Å²) >= 11 is 3.43. The highest BCUT2D eigenvalue weighted by molar-refractivity contribution is 7.15. The molecule has 0 radical (unpaired) electrons. The molecule has 2 N–H and O–H groups in total. The molecule has 4 rings (SSSR count). The fraction of sp³-hybridized carbons (Fsp3) is 0.333. The largest absolute Gasteiger partial charge is 0.354 e. The van der Waals surface area contributed by atoms with Gasteiger partial charge in [-0.05, 0) is 49.7 Å². The van der Waals surface area contributed by atoms with Crippen molar-refractivity contribution in [2.24, 2.45) is 0 Å². The topological polar surface area (TPSA) is 61.0 Å². The zero-order valence-electron chi connectivity index (χ0n) is 14.0. The van der Waals surface area contributed by atoms with Crippen molar-refractivity contribution in [2.45, 2.75) is 25.4 Å². The van der Waals surface area contributed by atoms with Gasteiger partial charge >= 0.3 is 0 Å². The Morgan fingerprint density at radius 3 is 3.04 bits per heavy atom. The average molecular weight is 373 g/mol. The molecule has 0 spiro atoms. The van der Waals surface area contributed by atoms with Gasteiger partial charge in [-0.15, -0.1) is 22.7 Å². The third-order valence-electron chi connectivity index (χ3n) is 4.56. The molecule has 0 aliphatic carbocycles. The van der Waals surface area contributed by atoms with Crippen LogP contribution in [0.3, 0.4) is 0 Å². The normalized spacial score (nSPS) is 17.9. The van der Waals surface area contributed by atoms with Crippen LogP contribution in [0.25, 0.3) is 10.6 Å². The van der Waals surface area contributed by atoms with Crippen LogP contribution in [0.15, 0.2) is 36.5 Å². The van der Waals surface area contributed by atoms with Gasteiger partial charge in [-0.1, -0.05) is 0 Å². The van der Waals surface area contributed by atoms with Crippen LogP contribution in [-0.2, 0) is 6.54 Å². The van der Waals surface area contributed by atoms with E-state index in [4.69, 9.17) is 0 Å². The van der Waals surface area contributed by atoms with Crippen LogP contribution in [0, 0.1) is 0 Å². The second kappa shape index (κ2) is 7.11.